The van der Waals surface area contributed by atoms with Crippen molar-refractivity contribution in [1.82, 2.24) is 0 Å². The lowest BCUT2D eigenvalue weighted by molar-refractivity contribution is 0.402. The highest BCUT2D eigenvalue weighted by Crippen LogP contribution is 2.24. The van der Waals surface area contributed by atoms with Crippen LogP contribution in [0.4, 0.5) is 11.4 Å². The maximum atomic E-state index is 9.20. The monoisotopic (exact) mass is 216 g/mol. The number of hydrogen-bond acceptors (Lipinski definition) is 2. The summed E-state index contributed by atoms with van der Waals surface area (Å²) >= 11 is 0. The Kier molecular flexibility index (Phi) is 3.96. The minimum atomic E-state index is 0.147. The molecule has 0 unspecified atom stereocenters. The molecule has 0 amide bonds. The predicted octanol–water partition coefficient (Wildman–Crippen LogP) is 3.44. The summed E-state index contributed by atoms with van der Waals surface area (Å²) in [5.74, 6) is 0.147. The van der Waals surface area contributed by atoms with Gasteiger partial charge in [0.2, 0.25) is 0 Å². The molecule has 16 heavy (non-hydrogen) atoms. The van der Waals surface area contributed by atoms with Crippen LogP contribution in [0.3, 0.4) is 0 Å². The van der Waals surface area contributed by atoms with E-state index in [-0.39, 0.29) is 5.76 Å². The first-order valence-corrected chi connectivity index (χ1v) is 5.18. The molecule has 0 radical (unpaired) electrons. The van der Waals surface area contributed by atoms with Gasteiger partial charge in [0, 0.05) is 12.2 Å². The Labute approximate surface area is 96.5 Å². The van der Waals surface area contributed by atoms with Crippen LogP contribution < -0.4 is 4.90 Å². The summed E-state index contributed by atoms with van der Waals surface area (Å²) in [6.07, 6.45) is 0. The molecule has 0 bridgehead atoms. The molecule has 84 valence electrons. The van der Waals surface area contributed by atoms with Crippen LogP contribution >= 0.6 is 0 Å². The number of anilines is 1. The molecule has 0 atom stereocenters. The zero-order valence-electron chi connectivity index (χ0n) is 9.70. The van der Waals surface area contributed by atoms with Gasteiger partial charge in [0.05, 0.1) is 13.1 Å². The second-order valence-electron chi connectivity index (χ2n) is 3.66. The molecule has 1 aromatic rings. The van der Waals surface area contributed by atoms with Gasteiger partial charge in [0.1, 0.15) is 5.76 Å². The highest BCUT2D eigenvalue weighted by Gasteiger charge is 2.07. The van der Waals surface area contributed by atoms with E-state index in [1.165, 1.54) is 0 Å². The van der Waals surface area contributed by atoms with E-state index in [2.05, 4.69) is 11.4 Å². The lowest BCUT2D eigenvalue weighted by Gasteiger charge is -2.23. The maximum absolute atomic E-state index is 9.20. The SMILES string of the molecule is [C-]#[N+]c1ccc(N(CC)CC(=C)O)cc1C. The van der Waals surface area contributed by atoms with Crippen LogP contribution in [0.25, 0.3) is 4.85 Å². The summed E-state index contributed by atoms with van der Waals surface area (Å²) in [7, 11) is 0. The Morgan fingerprint density at radius 3 is 2.69 bits per heavy atom. The van der Waals surface area contributed by atoms with Gasteiger partial charge in [0.15, 0.2) is 5.69 Å². The standard InChI is InChI=1S/C13H16N2O/c1-5-15(9-11(3)16)12-6-7-13(14-4)10(2)8-12/h6-8,16H,3,5,9H2,1-2H3. The first-order valence-electron chi connectivity index (χ1n) is 5.18. The second-order valence-corrected chi connectivity index (χ2v) is 3.66. The van der Waals surface area contributed by atoms with Crippen molar-refractivity contribution in [3.05, 3.63) is 47.5 Å². The summed E-state index contributed by atoms with van der Waals surface area (Å²) in [5, 5.41) is 9.20. The molecular formula is C13H16N2O. The molecule has 1 rings (SSSR count). The normalized spacial score (nSPS) is 9.56. The van der Waals surface area contributed by atoms with Crippen molar-refractivity contribution in [2.24, 2.45) is 0 Å². The van der Waals surface area contributed by atoms with Gasteiger partial charge in [-0.1, -0.05) is 12.6 Å². The van der Waals surface area contributed by atoms with Crippen LogP contribution in [0.2, 0.25) is 0 Å². The Morgan fingerprint density at radius 2 is 2.25 bits per heavy atom. The van der Waals surface area contributed by atoms with E-state index in [9.17, 15) is 5.11 Å². The summed E-state index contributed by atoms with van der Waals surface area (Å²) in [6.45, 7) is 15.6. The van der Waals surface area contributed by atoms with E-state index in [1.807, 2.05) is 30.9 Å². The van der Waals surface area contributed by atoms with Gasteiger partial charge in [0.25, 0.3) is 0 Å². The highest BCUT2D eigenvalue weighted by molar-refractivity contribution is 5.61. The van der Waals surface area contributed by atoms with Gasteiger partial charge in [-0.05, 0) is 31.5 Å². The summed E-state index contributed by atoms with van der Waals surface area (Å²) < 4.78 is 0. The third-order valence-electron chi connectivity index (χ3n) is 2.42. The molecule has 1 N–H and O–H groups in total. The van der Waals surface area contributed by atoms with Gasteiger partial charge in [-0.25, -0.2) is 4.85 Å². The Morgan fingerprint density at radius 1 is 1.56 bits per heavy atom. The number of aliphatic hydroxyl groups excluding tert-OH is 1. The fraction of sp³-hybridized carbons (Fsp3) is 0.308. The van der Waals surface area contributed by atoms with Crippen LogP contribution in [0.5, 0.6) is 0 Å². The molecule has 3 nitrogen and oxygen atoms in total. The predicted molar refractivity (Wildman–Crippen MR) is 67.1 cm³/mol. The van der Waals surface area contributed by atoms with Gasteiger partial charge < -0.3 is 10.0 Å². The number of likely N-dealkylation sites (N-methyl/N-ethyl adjacent to an activating group) is 1. The van der Waals surface area contributed by atoms with Crippen molar-refractivity contribution in [2.45, 2.75) is 13.8 Å². The van der Waals surface area contributed by atoms with E-state index in [1.54, 1.807) is 6.07 Å². The van der Waals surface area contributed by atoms with Crippen molar-refractivity contribution < 1.29 is 5.11 Å². The average molecular weight is 216 g/mol. The Balaban J connectivity index is 2.99. The first kappa shape index (κ1) is 12.1. The van der Waals surface area contributed by atoms with E-state index < -0.39 is 0 Å². The molecule has 3 heteroatoms. The zero-order valence-corrected chi connectivity index (χ0v) is 9.70. The van der Waals surface area contributed by atoms with Crippen molar-refractivity contribution in [3.63, 3.8) is 0 Å². The minimum absolute atomic E-state index is 0.147. The molecule has 0 aliphatic carbocycles. The topological polar surface area (TPSA) is 27.8 Å². The average Bonchev–Trinajstić information content (AvgIpc) is 2.25. The number of rotatable bonds is 4. The van der Waals surface area contributed by atoms with E-state index >= 15 is 0 Å². The zero-order chi connectivity index (χ0) is 12.1. The minimum Gasteiger partial charge on any atom is -0.511 e. The molecule has 0 saturated heterocycles. The van der Waals surface area contributed by atoms with Crippen LogP contribution in [0, 0.1) is 13.5 Å². The molecule has 0 aliphatic rings. The quantitative estimate of drug-likeness (QED) is 0.616. The smallest absolute Gasteiger partial charge is 0.190 e. The maximum Gasteiger partial charge on any atom is 0.190 e. The largest absolute Gasteiger partial charge is 0.511 e. The fourth-order valence-corrected chi connectivity index (χ4v) is 1.57. The van der Waals surface area contributed by atoms with Gasteiger partial charge in [-0.15, -0.1) is 0 Å². The third kappa shape index (κ3) is 2.77. The van der Waals surface area contributed by atoms with E-state index in [0.29, 0.717) is 12.2 Å². The highest BCUT2D eigenvalue weighted by atomic mass is 16.3. The summed E-state index contributed by atoms with van der Waals surface area (Å²) in [5.41, 5.74) is 2.62. The fourth-order valence-electron chi connectivity index (χ4n) is 1.57. The number of hydrogen-bond donors (Lipinski definition) is 1. The van der Waals surface area contributed by atoms with E-state index in [0.717, 1.165) is 17.8 Å². The number of nitrogens with zero attached hydrogens (tertiary/aromatic N) is 2. The van der Waals surface area contributed by atoms with Crippen molar-refractivity contribution in [3.8, 4) is 0 Å². The Hall–Kier alpha value is -1.95. The van der Waals surface area contributed by atoms with Gasteiger partial charge in [-0.3, -0.25) is 0 Å². The molecule has 0 saturated carbocycles. The molecule has 0 aliphatic heterocycles. The lowest BCUT2D eigenvalue weighted by Crippen LogP contribution is -2.24. The van der Waals surface area contributed by atoms with Crippen molar-refractivity contribution >= 4 is 11.4 Å². The van der Waals surface area contributed by atoms with Crippen LogP contribution in [-0.4, -0.2) is 18.2 Å². The Bertz CT molecular complexity index is 432. The molecular weight excluding hydrogens is 200 g/mol. The van der Waals surface area contributed by atoms with E-state index in [4.69, 9.17) is 6.57 Å². The summed E-state index contributed by atoms with van der Waals surface area (Å²) in [4.78, 5) is 5.42. The van der Waals surface area contributed by atoms with Crippen LogP contribution in [-0.2, 0) is 0 Å². The third-order valence-corrected chi connectivity index (χ3v) is 2.42. The number of aryl methyl sites for hydroxylation is 1. The lowest BCUT2D eigenvalue weighted by atomic mass is 10.1. The second kappa shape index (κ2) is 5.22. The number of benzene rings is 1. The van der Waals surface area contributed by atoms with Gasteiger partial charge >= 0.3 is 0 Å². The van der Waals surface area contributed by atoms with Crippen LogP contribution in [0.1, 0.15) is 12.5 Å². The molecule has 0 aromatic heterocycles. The summed E-state index contributed by atoms with van der Waals surface area (Å²) in [6, 6.07) is 5.66. The number of aliphatic hydroxyl groups is 1. The van der Waals surface area contributed by atoms with Crippen LogP contribution in [0.15, 0.2) is 30.5 Å². The molecule has 1 aromatic carbocycles. The molecule has 0 heterocycles. The molecule has 0 fully saturated rings. The first-order chi connectivity index (χ1) is 7.58. The van der Waals surface area contributed by atoms with Crippen molar-refractivity contribution in [2.75, 3.05) is 18.0 Å². The van der Waals surface area contributed by atoms with Crippen molar-refractivity contribution in [1.29, 1.82) is 0 Å². The van der Waals surface area contributed by atoms with Gasteiger partial charge in [-0.2, -0.15) is 0 Å². The molecule has 0 spiro atoms.